The summed E-state index contributed by atoms with van der Waals surface area (Å²) in [6, 6.07) is 13.0. The largest absolute Gasteiger partial charge is 0.323 e. The molecule has 2 aromatic rings. The first-order valence-corrected chi connectivity index (χ1v) is 7.67. The third-order valence-corrected chi connectivity index (χ3v) is 4.97. The van der Waals surface area contributed by atoms with E-state index in [-0.39, 0.29) is 6.04 Å². The van der Waals surface area contributed by atoms with Gasteiger partial charge in [0, 0.05) is 11.8 Å². The third-order valence-electron chi connectivity index (χ3n) is 2.72. The molecular weight excluding hydrogens is 246 g/mol. The highest BCUT2D eigenvalue weighted by molar-refractivity contribution is 8.01. The predicted molar refractivity (Wildman–Crippen MR) is 77.8 cm³/mol. The summed E-state index contributed by atoms with van der Waals surface area (Å²) < 4.78 is 1.34. The molecule has 0 saturated carbocycles. The molecule has 0 amide bonds. The molecule has 2 N–H and O–H groups in total. The highest BCUT2D eigenvalue weighted by atomic mass is 32.2. The summed E-state index contributed by atoms with van der Waals surface area (Å²) in [5.74, 6) is 0.936. The van der Waals surface area contributed by atoms with Crippen LogP contribution in [0.5, 0.6) is 0 Å². The van der Waals surface area contributed by atoms with Crippen LogP contribution < -0.4 is 5.73 Å². The van der Waals surface area contributed by atoms with Crippen LogP contribution in [-0.4, -0.2) is 5.75 Å². The van der Waals surface area contributed by atoms with Gasteiger partial charge in [-0.2, -0.15) is 0 Å². The average molecular weight is 263 g/mol. The lowest BCUT2D eigenvalue weighted by molar-refractivity contribution is 0.830. The van der Waals surface area contributed by atoms with Crippen molar-refractivity contribution < 1.29 is 0 Å². The fourth-order valence-corrected chi connectivity index (χ4v) is 3.42. The Labute approximate surface area is 111 Å². The van der Waals surface area contributed by atoms with Gasteiger partial charge in [0.25, 0.3) is 0 Å². The Bertz CT molecular complexity index is 434. The van der Waals surface area contributed by atoms with E-state index in [1.165, 1.54) is 15.3 Å². The molecule has 90 valence electrons. The molecule has 0 fully saturated rings. The van der Waals surface area contributed by atoms with Crippen molar-refractivity contribution in [3.05, 3.63) is 52.9 Å². The van der Waals surface area contributed by atoms with Crippen LogP contribution in [-0.2, 0) is 6.42 Å². The molecule has 3 heteroatoms. The summed E-state index contributed by atoms with van der Waals surface area (Å²) in [6.45, 7) is 2.17. The van der Waals surface area contributed by atoms with Crippen molar-refractivity contribution in [1.29, 1.82) is 0 Å². The maximum absolute atomic E-state index is 6.19. The van der Waals surface area contributed by atoms with Gasteiger partial charge in [0.15, 0.2) is 0 Å². The number of hydrogen-bond acceptors (Lipinski definition) is 3. The second kappa shape index (κ2) is 6.24. The van der Waals surface area contributed by atoms with Gasteiger partial charge in [-0.3, -0.25) is 0 Å². The minimum atomic E-state index is 0.119. The quantitative estimate of drug-likeness (QED) is 0.822. The maximum atomic E-state index is 6.19. The van der Waals surface area contributed by atoms with Crippen molar-refractivity contribution in [2.45, 2.75) is 23.6 Å². The second-order valence-corrected chi connectivity index (χ2v) is 6.21. The van der Waals surface area contributed by atoms with E-state index in [4.69, 9.17) is 5.73 Å². The summed E-state index contributed by atoms with van der Waals surface area (Å²) in [6.07, 6.45) is 1.08. The SMILES string of the molecule is CCc1ccc(C(N)CSc2cccs2)cc1. The first-order valence-electron chi connectivity index (χ1n) is 5.80. The zero-order valence-electron chi connectivity index (χ0n) is 9.93. The summed E-state index contributed by atoms with van der Waals surface area (Å²) in [7, 11) is 0. The minimum Gasteiger partial charge on any atom is -0.323 e. The van der Waals surface area contributed by atoms with Gasteiger partial charge in [0.1, 0.15) is 0 Å². The molecule has 1 atom stereocenters. The normalized spacial score (nSPS) is 12.6. The second-order valence-electron chi connectivity index (χ2n) is 3.94. The Morgan fingerprint density at radius 3 is 2.59 bits per heavy atom. The van der Waals surface area contributed by atoms with E-state index < -0.39 is 0 Å². The van der Waals surface area contributed by atoms with Gasteiger partial charge in [-0.15, -0.1) is 23.1 Å². The lowest BCUT2D eigenvalue weighted by Gasteiger charge is -2.11. The Morgan fingerprint density at radius 2 is 2.00 bits per heavy atom. The Hall–Kier alpha value is -0.770. The van der Waals surface area contributed by atoms with Crippen LogP contribution in [0.4, 0.5) is 0 Å². The molecule has 1 heterocycles. The van der Waals surface area contributed by atoms with Gasteiger partial charge in [0.05, 0.1) is 4.21 Å². The van der Waals surface area contributed by atoms with Gasteiger partial charge < -0.3 is 5.73 Å². The highest BCUT2D eigenvalue weighted by Gasteiger charge is 2.06. The Kier molecular flexibility index (Phi) is 4.66. The van der Waals surface area contributed by atoms with Crippen LogP contribution in [0.25, 0.3) is 0 Å². The molecular formula is C14H17NS2. The number of rotatable bonds is 5. The van der Waals surface area contributed by atoms with Gasteiger partial charge in [-0.1, -0.05) is 37.3 Å². The van der Waals surface area contributed by atoms with Crippen molar-refractivity contribution in [2.75, 3.05) is 5.75 Å². The van der Waals surface area contributed by atoms with E-state index in [0.29, 0.717) is 0 Å². The van der Waals surface area contributed by atoms with Crippen LogP contribution in [0.1, 0.15) is 24.1 Å². The average Bonchev–Trinajstić information content (AvgIpc) is 2.89. The van der Waals surface area contributed by atoms with Gasteiger partial charge in [0.2, 0.25) is 0 Å². The standard InChI is InChI=1S/C14H17NS2/c1-2-11-5-7-12(8-6-11)13(15)10-17-14-4-3-9-16-14/h3-9,13H,2,10,15H2,1H3. The lowest BCUT2D eigenvalue weighted by Crippen LogP contribution is -2.12. The van der Waals surface area contributed by atoms with Crippen LogP contribution in [0.15, 0.2) is 46.0 Å². The summed E-state index contributed by atoms with van der Waals surface area (Å²) >= 11 is 3.61. The molecule has 1 aromatic carbocycles. The highest BCUT2D eigenvalue weighted by Crippen LogP contribution is 2.27. The van der Waals surface area contributed by atoms with Gasteiger partial charge in [-0.25, -0.2) is 0 Å². The summed E-state index contributed by atoms with van der Waals surface area (Å²) in [5.41, 5.74) is 8.78. The lowest BCUT2D eigenvalue weighted by atomic mass is 10.1. The molecule has 0 spiro atoms. The number of thioether (sulfide) groups is 1. The van der Waals surface area contributed by atoms with Crippen LogP contribution in [0.2, 0.25) is 0 Å². The topological polar surface area (TPSA) is 26.0 Å². The van der Waals surface area contributed by atoms with E-state index >= 15 is 0 Å². The Morgan fingerprint density at radius 1 is 1.24 bits per heavy atom. The zero-order valence-corrected chi connectivity index (χ0v) is 11.6. The van der Waals surface area contributed by atoms with E-state index in [2.05, 4.69) is 48.7 Å². The first-order chi connectivity index (χ1) is 8.29. The van der Waals surface area contributed by atoms with Crippen LogP contribution in [0.3, 0.4) is 0 Å². The van der Waals surface area contributed by atoms with E-state index in [0.717, 1.165) is 12.2 Å². The summed E-state index contributed by atoms with van der Waals surface area (Å²) in [4.78, 5) is 0. The molecule has 1 aromatic heterocycles. The number of benzene rings is 1. The third kappa shape index (κ3) is 3.60. The molecule has 1 nitrogen and oxygen atoms in total. The summed E-state index contributed by atoms with van der Waals surface area (Å²) in [5, 5.41) is 2.10. The molecule has 17 heavy (non-hydrogen) atoms. The molecule has 0 aliphatic heterocycles. The fraction of sp³-hybridized carbons (Fsp3) is 0.286. The number of thiophene rings is 1. The van der Waals surface area contributed by atoms with Crippen LogP contribution >= 0.6 is 23.1 Å². The number of nitrogens with two attached hydrogens (primary N) is 1. The van der Waals surface area contributed by atoms with E-state index in [1.807, 2.05) is 11.8 Å². The van der Waals surface area contributed by atoms with Crippen molar-refractivity contribution >= 4 is 23.1 Å². The predicted octanol–water partition coefficient (Wildman–Crippen LogP) is 4.10. The van der Waals surface area contributed by atoms with Crippen LogP contribution in [0, 0.1) is 0 Å². The number of aryl methyl sites for hydroxylation is 1. The smallest absolute Gasteiger partial charge is 0.0599 e. The van der Waals surface area contributed by atoms with Crippen molar-refractivity contribution in [3.8, 4) is 0 Å². The minimum absolute atomic E-state index is 0.119. The molecule has 1 unspecified atom stereocenters. The molecule has 0 radical (unpaired) electrons. The van der Waals surface area contributed by atoms with Gasteiger partial charge in [-0.05, 0) is 29.0 Å². The molecule has 2 rings (SSSR count). The molecule has 0 aliphatic carbocycles. The molecule has 0 aliphatic rings. The van der Waals surface area contributed by atoms with Crippen molar-refractivity contribution in [3.63, 3.8) is 0 Å². The first kappa shape index (κ1) is 12.7. The monoisotopic (exact) mass is 263 g/mol. The Balaban J connectivity index is 1.92. The fourth-order valence-electron chi connectivity index (χ4n) is 1.61. The van der Waals surface area contributed by atoms with Crippen molar-refractivity contribution in [2.24, 2.45) is 5.73 Å². The van der Waals surface area contributed by atoms with Gasteiger partial charge >= 0.3 is 0 Å². The molecule has 0 bridgehead atoms. The van der Waals surface area contributed by atoms with Crippen molar-refractivity contribution in [1.82, 2.24) is 0 Å². The maximum Gasteiger partial charge on any atom is 0.0599 e. The van der Waals surface area contributed by atoms with E-state index in [1.54, 1.807) is 11.3 Å². The number of hydrogen-bond donors (Lipinski definition) is 1. The molecule has 0 saturated heterocycles. The van der Waals surface area contributed by atoms with E-state index in [9.17, 15) is 0 Å². The zero-order chi connectivity index (χ0) is 12.1.